The fourth-order valence-electron chi connectivity index (χ4n) is 1.67. The van der Waals surface area contributed by atoms with Gasteiger partial charge in [-0.1, -0.05) is 39.8 Å². The third-order valence-corrected chi connectivity index (χ3v) is 2.87. The van der Waals surface area contributed by atoms with Crippen molar-refractivity contribution < 1.29 is 38.7 Å². The summed E-state index contributed by atoms with van der Waals surface area (Å²) >= 11 is 0. The van der Waals surface area contributed by atoms with Gasteiger partial charge in [0, 0.05) is 25.2 Å². The summed E-state index contributed by atoms with van der Waals surface area (Å²) in [6.07, 6.45) is 10.1. The number of allylic oxidation sites excluding steroid dienone is 2. The van der Waals surface area contributed by atoms with E-state index in [1.807, 2.05) is 13.8 Å². The Balaban J connectivity index is -0.000000173. The molecule has 6 heteroatoms. The summed E-state index contributed by atoms with van der Waals surface area (Å²) in [6, 6.07) is 0. The van der Waals surface area contributed by atoms with Crippen molar-refractivity contribution in [2.75, 3.05) is 0 Å². The molecule has 5 nitrogen and oxygen atoms in total. The van der Waals surface area contributed by atoms with Crippen molar-refractivity contribution in [3.63, 3.8) is 0 Å². The molecule has 0 fully saturated rings. The smallest absolute Gasteiger partial charge is 0.693 e. The summed E-state index contributed by atoms with van der Waals surface area (Å²) in [4.78, 5) is 20.2. The Labute approximate surface area is 171 Å². The second-order valence-corrected chi connectivity index (χ2v) is 6.39. The standard InChI is InChI=1S/C10H18O2.C10H16O2.Li.H2N/c2*1-9(2)7-5-3-4-6-8-10(11)12;;/h5,7,9H,3-4,6,8H2,1-2H3,(H,11,12);9H,3-4,6,8H2,1-2H3,(H,11,12);;1H2/q;;+1;-1/b7-5+;;;. The SMILES string of the molecule is CC(C)/C=C/CCCCC(=O)O.CC(C)C#CCCCCC(=O)O.[Li+].[NH2-]. The number of carboxylic acids is 2. The molecular weight excluding hydrogens is 325 g/mol. The molecule has 0 saturated heterocycles. The summed E-state index contributed by atoms with van der Waals surface area (Å²) in [7, 11) is 0. The van der Waals surface area contributed by atoms with E-state index in [1.165, 1.54) is 0 Å². The van der Waals surface area contributed by atoms with Crippen molar-refractivity contribution in [1.82, 2.24) is 0 Å². The molecule has 0 aliphatic heterocycles. The summed E-state index contributed by atoms with van der Waals surface area (Å²) in [6.45, 7) is 8.36. The number of carbonyl (C=O) groups is 2. The van der Waals surface area contributed by atoms with Crippen molar-refractivity contribution >= 4 is 11.9 Å². The van der Waals surface area contributed by atoms with E-state index >= 15 is 0 Å². The number of carboxylic acid groups (broad SMARTS) is 2. The molecule has 0 aliphatic rings. The second-order valence-electron chi connectivity index (χ2n) is 6.39. The molecule has 0 aromatic carbocycles. The van der Waals surface area contributed by atoms with Crippen LogP contribution in [0.2, 0.25) is 0 Å². The molecule has 0 atom stereocenters. The number of hydrogen-bond donors (Lipinski definition) is 2. The first-order valence-corrected chi connectivity index (χ1v) is 8.84. The van der Waals surface area contributed by atoms with Crippen LogP contribution in [0, 0.1) is 23.7 Å². The third kappa shape index (κ3) is 38.4. The maximum atomic E-state index is 10.1. The largest absolute Gasteiger partial charge is 1.00 e. The maximum absolute atomic E-state index is 10.1. The van der Waals surface area contributed by atoms with Crippen LogP contribution in [0.3, 0.4) is 0 Å². The van der Waals surface area contributed by atoms with Crippen LogP contribution in [-0.4, -0.2) is 22.2 Å². The second kappa shape index (κ2) is 23.8. The van der Waals surface area contributed by atoms with E-state index in [-0.39, 0.29) is 31.4 Å². The molecule has 0 bridgehead atoms. The first-order valence-electron chi connectivity index (χ1n) is 8.84. The molecule has 0 aromatic rings. The number of unbranched alkanes of at least 4 members (excludes halogenated alkanes) is 4. The van der Waals surface area contributed by atoms with Crippen LogP contribution in [0.4, 0.5) is 0 Å². The van der Waals surface area contributed by atoms with E-state index in [0.717, 1.165) is 38.5 Å². The van der Waals surface area contributed by atoms with E-state index in [0.29, 0.717) is 18.3 Å². The molecule has 0 rings (SSSR count). The van der Waals surface area contributed by atoms with Crippen LogP contribution < -0.4 is 18.9 Å². The fourth-order valence-corrected chi connectivity index (χ4v) is 1.67. The first-order chi connectivity index (χ1) is 11.3. The first kappa shape index (κ1) is 32.5. The van der Waals surface area contributed by atoms with Gasteiger partial charge < -0.3 is 16.4 Å². The van der Waals surface area contributed by atoms with E-state index < -0.39 is 11.9 Å². The Morgan fingerprint density at radius 1 is 0.923 bits per heavy atom. The quantitative estimate of drug-likeness (QED) is 0.270. The Kier molecular flexibility index (Phi) is 29.7. The van der Waals surface area contributed by atoms with Gasteiger partial charge in [0.25, 0.3) is 0 Å². The van der Waals surface area contributed by atoms with Gasteiger partial charge in [0.15, 0.2) is 0 Å². The molecule has 0 saturated carbocycles. The summed E-state index contributed by atoms with van der Waals surface area (Å²) in [5, 5.41) is 16.7. The van der Waals surface area contributed by atoms with E-state index in [4.69, 9.17) is 10.2 Å². The summed E-state index contributed by atoms with van der Waals surface area (Å²) < 4.78 is 0. The van der Waals surface area contributed by atoms with Crippen LogP contribution >= 0.6 is 0 Å². The van der Waals surface area contributed by atoms with Gasteiger partial charge in [-0.05, 0) is 38.0 Å². The zero-order chi connectivity index (χ0) is 18.8. The van der Waals surface area contributed by atoms with Crippen LogP contribution in [0.25, 0.3) is 6.15 Å². The number of aliphatic carboxylic acids is 2. The molecule has 4 N–H and O–H groups in total. The Morgan fingerprint density at radius 2 is 1.42 bits per heavy atom. The predicted octanol–water partition coefficient (Wildman–Crippen LogP) is 2.86. The maximum Gasteiger partial charge on any atom is 1.00 e. The average Bonchev–Trinajstić information content (AvgIpc) is 2.46. The van der Waals surface area contributed by atoms with Gasteiger partial charge in [0.05, 0.1) is 0 Å². The minimum atomic E-state index is -0.716. The predicted molar refractivity (Wildman–Crippen MR) is 104 cm³/mol. The van der Waals surface area contributed by atoms with Crippen LogP contribution in [0.5, 0.6) is 0 Å². The van der Waals surface area contributed by atoms with Gasteiger partial charge in [-0.3, -0.25) is 9.59 Å². The van der Waals surface area contributed by atoms with E-state index in [1.54, 1.807) is 0 Å². The molecule has 0 aliphatic carbocycles. The third-order valence-electron chi connectivity index (χ3n) is 2.87. The monoisotopic (exact) mass is 361 g/mol. The minimum absolute atomic E-state index is 0. The molecule has 0 radical (unpaired) electrons. The normalized spacial score (nSPS) is 9.46. The van der Waals surface area contributed by atoms with E-state index in [2.05, 4.69) is 37.8 Å². The Hall–Kier alpha value is -1.20. The van der Waals surface area contributed by atoms with Crippen molar-refractivity contribution in [2.24, 2.45) is 11.8 Å². The van der Waals surface area contributed by atoms with Crippen LogP contribution in [0.15, 0.2) is 12.2 Å². The molecule has 0 spiro atoms. The van der Waals surface area contributed by atoms with Crippen LogP contribution in [-0.2, 0) is 9.59 Å². The molecule has 0 amide bonds. The Morgan fingerprint density at radius 3 is 1.85 bits per heavy atom. The van der Waals surface area contributed by atoms with Crippen molar-refractivity contribution in [1.29, 1.82) is 0 Å². The van der Waals surface area contributed by atoms with E-state index in [9.17, 15) is 9.59 Å². The molecule has 0 aromatic heterocycles. The number of rotatable bonds is 10. The van der Waals surface area contributed by atoms with Gasteiger partial charge in [-0.25, -0.2) is 0 Å². The Bertz CT molecular complexity index is 423. The fraction of sp³-hybridized carbons (Fsp3) is 0.700. The van der Waals surface area contributed by atoms with Gasteiger partial charge >= 0.3 is 30.8 Å². The van der Waals surface area contributed by atoms with Gasteiger partial charge in [0.1, 0.15) is 0 Å². The van der Waals surface area contributed by atoms with Crippen molar-refractivity contribution in [3.05, 3.63) is 18.3 Å². The summed E-state index contributed by atoms with van der Waals surface area (Å²) in [5.41, 5.74) is 0. The number of hydrogen-bond acceptors (Lipinski definition) is 2. The van der Waals surface area contributed by atoms with Crippen molar-refractivity contribution in [3.8, 4) is 11.8 Å². The van der Waals surface area contributed by atoms with Gasteiger partial charge in [-0.2, -0.15) is 0 Å². The molecule has 0 heterocycles. The van der Waals surface area contributed by atoms with Gasteiger partial charge in [0.2, 0.25) is 0 Å². The number of nitrogens with two attached hydrogens (primary N) is 1. The molecule has 26 heavy (non-hydrogen) atoms. The minimum Gasteiger partial charge on any atom is -0.693 e. The van der Waals surface area contributed by atoms with Gasteiger partial charge in [-0.15, -0.1) is 11.8 Å². The zero-order valence-corrected chi connectivity index (χ0v) is 17.3. The average molecular weight is 361 g/mol. The molecule has 146 valence electrons. The topological polar surface area (TPSA) is 108 Å². The molecular formula is C20H36LiNO4. The zero-order valence-electron chi connectivity index (χ0n) is 17.3. The van der Waals surface area contributed by atoms with Crippen molar-refractivity contribution in [2.45, 2.75) is 79.1 Å². The van der Waals surface area contributed by atoms with Crippen LogP contribution in [0.1, 0.15) is 79.1 Å². The summed E-state index contributed by atoms with van der Waals surface area (Å²) in [5.74, 6) is 5.67. The molecule has 0 unspecified atom stereocenters.